The van der Waals surface area contributed by atoms with Crippen LogP contribution >= 0.6 is 0 Å². The molecule has 0 aromatic heterocycles. The topological polar surface area (TPSA) is 95.9 Å². The summed E-state index contributed by atoms with van der Waals surface area (Å²) >= 11 is 0. The van der Waals surface area contributed by atoms with Crippen molar-refractivity contribution >= 4 is 11.9 Å². The van der Waals surface area contributed by atoms with Gasteiger partial charge in [-0.1, -0.05) is 229 Å². The first-order valence-corrected chi connectivity index (χ1v) is 26.2. The fourth-order valence-corrected chi connectivity index (χ4v) is 7.61. The van der Waals surface area contributed by atoms with Gasteiger partial charge >= 0.3 is 5.97 Å². The van der Waals surface area contributed by atoms with Crippen LogP contribution in [0.3, 0.4) is 0 Å². The van der Waals surface area contributed by atoms with E-state index in [-0.39, 0.29) is 24.9 Å². The molecule has 0 aliphatic heterocycles. The lowest BCUT2D eigenvalue weighted by molar-refractivity contribution is -0.151. The van der Waals surface area contributed by atoms with Crippen LogP contribution in [0.1, 0.15) is 245 Å². The highest BCUT2D eigenvalue weighted by molar-refractivity contribution is 5.77. The Morgan fingerprint density at radius 3 is 1.31 bits per heavy atom. The average Bonchev–Trinajstić information content (AvgIpc) is 3.26. The molecule has 3 N–H and O–H groups in total. The standard InChI is InChI=1S/C56H99NO5/c1-4-7-10-13-16-19-21-23-25-27-28-30-32-34-37-40-43-46-49-56(61)62-52(47-44-41-38-36-33-31-29-26-24-22-20-17-14-11-8-5-2)50-55(60)57-53(51-58)54(59)48-45-42-39-35-18-15-12-9-6-3/h16,19,21,23,25-31,33,52-54,58-59H,4-15,17-18,20,22,24,32,34-51H2,1-3H3,(H,57,60)/b19-16+,23-21+,27-25+,29-26+,30-28+,33-31+. The molecule has 62 heavy (non-hydrogen) atoms. The van der Waals surface area contributed by atoms with E-state index >= 15 is 0 Å². The minimum absolute atomic E-state index is 0.0472. The van der Waals surface area contributed by atoms with Crippen molar-refractivity contribution in [2.24, 2.45) is 0 Å². The van der Waals surface area contributed by atoms with Crippen LogP contribution < -0.4 is 5.32 Å². The predicted molar refractivity (Wildman–Crippen MR) is 268 cm³/mol. The second kappa shape index (κ2) is 49.3. The van der Waals surface area contributed by atoms with Gasteiger partial charge in [-0.25, -0.2) is 0 Å². The zero-order chi connectivity index (χ0) is 45.2. The van der Waals surface area contributed by atoms with E-state index < -0.39 is 18.2 Å². The van der Waals surface area contributed by atoms with Crippen LogP contribution in [0.15, 0.2) is 72.9 Å². The van der Waals surface area contributed by atoms with E-state index in [1.807, 2.05) is 0 Å². The van der Waals surface area contributed by atoms with Crippen molar-refractivity contribution in [2.45, 2.75) is 264 Å². The fourth-order valence-electron chi connectivity index (χ4n) is 7.61. The van der Waals surface area contributed by atoms with Gasteiger partial charge in [0.25, 0.3) is 0 Å². The maximum atomic E-state index is 13.2. The van der Waals surface area contributed by atoms with Gasteiger partial charge in [0, 0.05) is 6.42 Å². The Morgan fingerprint density at radius 2 is 0.823 bits per heavy atom. The number of carbonyl (C=O) groups excluding carboxylic acids is 2. The normalized spacial score (nSPS) is 13.8. The molecule has 0 radical (unpaired) electrons. The molecule has 6 nitrogen and oxygen atoms in total. The van der Waals surface area contributed by atoms with Crippen molar-refractivity contribution in [3.8, 4) is 0 Å². The van der Waals surface area contributed by atoms with E-state index in [1.165, 1.54) is 103 Å². The maximum Gasteiger partial charge on any atom is 0.306 e. The number of hydrogen-bond acceptors (Lipinski definition) is 5. The summed E-state index contributed by atoms with van der Waals surface area (Å²) in [6.45, 7) is 6.41. The number of esters is 1. The molecule has 358 valence electrons. The zero-order valence-corrected chi connectivity index (χ0v) is 40.7. The van der Waals surface area contributed by atoms with Gasteiger partial charge < -0.3 is 20.3 Å². The number of aliphatic hydroxyl groups is 2. The van der Waals surface area contributed by atoms with Gasteiger partial charge in [0.1, 0.15) is 6.10 Å². The van der Waals surface area contributed by atoms with E-state index in [4.69, 9.17) is 4.74 Å². The van der Waals surface area contributed by atoms with Crippen molar-refractivity contribution < 1.29 is 24.5 Å². The van der Waals surface area contributed by atoms with E-state index in [2.05, 4.69) is 99.0 Å². The fraction of sp³-hybridized carbons (Fsp3) is 0.750. The molecule has 0 aromatic rings. The summed E-state index contributed by atoms with van der Waals surface area (Å²) in [6.07, 6.45) is 62.4. The first kappa shape index (κ1) is 59.3. The van der Waals surface area contributed by atoms with Crippen LogP contribution in [0, 0.1) is 0 Å². The Bertz CT molecular complexity index is 1150. The second-order valence-electron chi connectivity index (χ2n) is 17.7. The molecule has 6 heteroatoms. The lowest BCUT2D eigenvalue weighted by atomic mass is 10.0. The van der Waals surface area contributed by atoms with Gasteiger partial charge in [0.15, 0.2) is 0 Å². The van der Waals surface area contributed by atoms with Crippen molar-refractivity contribution in [1.82, 2.24) is 5.32 Å². The summed E-state index contributed by atoms with van der Waals surface area (Å²) in [5, 5.41) is 23.7. The van der Waals surface area contributed by atoms with Crippen LogP contribution in [-0.2, 0) is 14.3 Å². The molecule has 0 heterocycles. The Morgan fingerprint density at radius 1 is 0.468 bits per heavy atom. The summed E-state index contributed by atoms with van der Waals surface area (Å²) in [7, 11) is 0. The summed E-state index contributed by atoms with van der Waals surface area (Å²) in [5.41, 5.74) is 0. The van der Waals surface area contributed by atoms with Crippen LogP contribution in [0.4, 0.5) is 0 Å². The Labute approximate surface area is 383 Å². The minimum atomic E-state index is -0.801. The maximum absolute atomic E-state index is 13.2. The van der Waals surface area contributed by atoms with Gasteiger partial charge in [0.2, 0.25) is 5.91 Å². The highest BCUT2D eigenvalue weighted by Gasteiger charge is 2.24. The van der Waals surface area contributed by atoms with E-state index in [9.17, 15) is 19.8 Å². The first-order chi connectivity index (χ1) is 30.5. The van der Waals surface area contributed by atoms with E-state index in [1.54, 1.807) is 0 Å². The Balaban J connectivity index is 4.68. The van der Waals surface area contributed by atoms with E-state index in [0.717, 1.165) is 96.3 Å². The number of nitrogens with one attached hydrogen (secondary N) is 1. The minimum Gasteiger partial charge on any atom is -0.462 e. The number of amides is 1. The molecule has 1 amide bonds. The lowest BCUT2D eigenvalue weighted by Gasteiger charge is -2.24. The molecule has 0 bridgehead atoms. The van der Waals surface area contributed by atoms with Crippen molar-refractivity contribution in [1.29, 1.82) is 0 Å². The molecular weight excluding hydrogens is 767 g/mol. The molecule has 0 aromatic carbocycles. The van der Waals surface area contributed by atoms with Crippen LogP contribution in [0.5, 0.6) is 0 Å². The van der Waals surface area contributed by atoms with Gasteiger partial charge in [0.05, 0.1) is 25.2 Å². The van der Waals surface area contributed by atoms with Gasteiger partial charge in [-0.2, -0.15) is 0 Å². The average molecular weight is 866 g/mol. The number of carbonyl (C=O) groups is 2. The largest absolute Gasteiger partial charge is 0.462 e. The van der Waals surface area contributed by atoms with Crippen LogP contribution in [0.2, 0.25) is 0 Å². The quantitative estimate of drug-likeness (QED) is 0.0322. The molecule has 0 saturated heterocycles. The first-order valence-electron chi connectivity index (χ1n) is 26.2. The van der Waals surface area contributed by atoms with Crippen LogP contribution in [-0.4, -0.2) is 46.9 Å². The summed E-state index contributed by atoms with van der Waals surface area (Å²) in [5.74, 6) is -0.528. The second-order valence-corrected chi connectivity index (χ2v) is 17.7. The summed E-state index contributed by atoms with van der Waals surface area (Å²) in [6, 6.07) is -0.717. The van der Waals surface area contributed by atoms with Crippen molar-refractivity contribution in [3.63, 3.8) is 0 Å². The number of allylic oxidation sites excluding steroid dienone is 12. The van der Waals surface area contributed by atoms with E-state index in [0.29, 0.717) is 19.3 Å². The highest BCUT2D eigenvalue weighted by atomic mass is 16.5. The third kappa shape index (κ3) is 43.9. The molecule has 3 unspecified atom stereocenters. The predicted octanol–water partition coefficient (Wildman–Crippen LogP) is 15.8. The number of hydrogen-bond donors (Lipinski definition) is 3. The smallest absolute Gasteiger partial charge is 0.306 e. The molecular formula is C56H99NO5. The van der Waals surface area contributed by atoms with Crippen molar-refractivity contribution in [2.75, 3.05) is 6.61 Å². The molecule has 3 atom stereocenters. The lowest BCUT2D eigenvalue weighted by Crippen LogP contribution is -2.46. The third-order valence-electron chi connectivity index (χ3n) is 11.6. The van der Waals surface area contributed by atoms with Gasteiger partial charge in [-0.3, -0.25) is 9.59 Å². The molecule has 0 aliphatic rings. The number of unbranched alkanes of at least 4 members (excludes halogenated alkanes) is 26. The molecule has 0 aliphatic carbocycles. The number of aliphatic hydroxyl groups excluding tert-OH is 2. The Hall–Kier alpha value is -2.70. The zero-order valence-electron chi connectivity index (χ0n) is 40.7. The summed E-state index contributed by atoms with van der Waals surface area (Å²) in [4.78, 5) is 26.1. The van der Waals surface area contributed by atoms with Crippen molar-refractivity contribution in [3.05, 3.63) is 72.9 Å². The SMILES string of the molecule is CCCCC/C=C/C=C/C=C/C=C/CCCCCCCC(=O)OC(CCCCC/C=C/C=C/CCCCCCCCC)CC(=O)NC(CO)C(O)CCCCCCCCCCC. The molecule has 0 saturated carbocycles. The third-order valence-corrected chi connectivity index (χ3v) is 11.6. The van der Waals surface area contributed by atoms with Gasteiger partial charge in [-0.05, 0) is 77.0 Å². The Kier molecular flexibility index (Phi) is 47.2. The molecule has 0 fully saturated rings. The number of ether oxygens (including phenoxy) is 1. The monoisotopic (exact) mass is 866 g/mol. The molecule has 0 rings (SSSR count). The number of rotatable bonds is 46. The van der Waals surface area contributed by atoms with Crippen LogP contribution in [0.25, 0.3) is 0 Å². The summed E-state index contributed by atoms with van der Waals surface area (Å²) < 4.78 is 5.92. The van der Waals surface area contributed by atoms with Gasteiger partial charge in [-0.15, -0.1) is 0 Å². The molecule has 0 spiro atoms. The highest BCUT2D eigenvalue weighted by Crippen LogP contribution is 2.17.